The van der Waals surface area contributed by atoms with E-state index in [1.165, 1.54) is 76.8 Å². The second-order valence-electron chi connectivity index (χ2n) is 12.9. The molecule has 0 bridgehead atoms. The zero-order chi connectivity index (χ0) is 29.6. The molecule has 0 radical (unpaired) electrons. The fourth-order valence-electron chi connectivity index (χ4n) is 4.79. The summed E-state index contributed by atoms with van der Waals surface area (Å²) in [6.07, 6.45) is 10.0. The molecule has 0 aromatic heterocycles. The first-order chi connectivity index (χ1) is 19.4. The molecule has 6 rings (SSSR count). The number of benzene rings is 4. The Labute approximate surface area is 286 Å². The number of rotatable bonds is 2. The van der Waals surface area contributed by atoms with E-state index in [1.807, 2.05) is 12.2 Å². The van der Waals surface area contributed by atoms with Crippen LogP contribution in [0.15, 0.2) is 115 Å². The molecule has 0 amide bonds. The molecular weight excluding hydrogens is 643 g/mol. The standard InChI is InChI=1S/C21H25.C14H12.C5H5.2ClH.Zr/c1-20(2,3)16-7-9-18-14(12-16)11-15-13-17(21(4,5)6)8-10-19(15)18;1-12-7-9-14(10-8-12)11-13-5-3-2-4-6-13;1-2-4-5-3-1;;;/h7-13H,1-6H3;2-10H,1H3;1-3H,4H2;2*1H;/q-1;;-1;;;+2/p-2. The van der Waals surface area contributed by atoms with Crippen molar-refractivity contribution in [2.45, 2.75) is 65.7 Å². The van der Waals surface area contributed by atoms with Crippen molar-refractivity contribution >= 4 is 24.8 Å². The van der Waals surface area contributed by atoms with Crippen LogP contribution in [0.3, 0.4) is 0 Å². The topological polar surface area (TPSA) is 0 Å². The number of hydrogen-bond donors (Lipinski definition) is 0. The quantitative estimate of drug-likeness (QED) is 0.236. The molecule has 0 unspecified atom stereocenters. The van der Waals surface area contributed by atoms with E-state index in [-0.39, 0.29) is 35.6 Å². The molecule has 0 spiro atoms. The second kappa shape index (κ2) is 16.0. The van der Waals surface area contributed by atoms with Crippen LogP contribution in [-0.4, -0.2) is 3.21 Å². The normalized spacial score (nSPS) is 12.0. The summed E-state index contributed by atoms with van der Waals surface area (Å²) >= 11 is 1.46. The molecule has 0 N–H and O–H groups in total. The van der Waals surface area contributed by atoms with Gasteiger partial charge in [-0.2, -0.15) is 6.08 Å². The molecule has 0 heterocycles. The van der Waals surface area contributed by atoms with Crippen LogP contribution in [0.4, 0.5) is 0 Å². The predicted molar refractivity (Wildman–Crippen MR) is 177 cm³/mol. The average molecular weight is 685 g/mol. The van der Waals surface area contributed by atoms with E-state index in [9.17, 15) is 0 Å². The van der Waals surface area contributed by atoms with Crippen LogP contribution in [0.2, 0.25) is 0 Å². The van der Waals surface area contributed by atoms with Crippen molar-refractivity contribution in [1.82, 2.24) is 0 Å². The van der Waals surface area contributed by atoms with Gasteiger partial charge in [-0.15, -0.1) is 46.2 Å². The molecule has 5 aromatic rings. The third-order valence-corrected chi connectivity index (χ3v) is 8.84. The van der Waals surface area contributed by atoms with Crippen molar-refractivity contribution in [3.8, 4) is 0 Å². The molecule has 1 aliphatic carbocycles. The third kappa shape index (κ3) is 10.0. The summed E-state index contributed by atoms with van der Waals surface area (Å²) in [5, 5.41) is 5.48. The van der Waals surface area contributed by atoms with Gasteiger partial charge in [-0.05, 0) is 10.8 Å². The van der Waals surface area contributed by atoms with Gasteiger partial charge < -0.3 is 24.8 Å². The van der Waals surface area contributed by atoms with Crippen molar-refractivity contribution < 1.29 is 49.0 Å². The predicted octanol–water partition coefficient (Wildman–Crippen LogP) is 4.73. The van der Waals surface area contributed by atoms with Gasteiger partial charge in [-0.1, -0.05) is 76.9 Å². The van der Waals surface area contributed by atoms with Gasteiger partial charge in [-0.3, -0.25) is 6.08 Å². The van der Waals surface area contributed by atoms with Gasteiger partial charge in [0.05, 0.1) is 0 Å². The Hall–Kier alpha value is -2.44. The van der Waals surface area contributed by atoms with E-state index in [2.05, 4.69) is 158 Å². The number of halogens is 2. The summed E-state index contributed by atoms with van der Waals surface area (Å²) in [5.41, 5.74) is 7.20. The molecule has 3 heteroatoms. The zero-order valence-corrected chi connectivity index (χ0v) is 30.4. The summed E-state index contributed by atoms with van der Waals surface area (Å²) in [7, 11) is 0. The zero-order valence-electron chi connectivity index (χ0n) is 26.4. The van der Waals surface area contributed by atoms with Gasteiger partial charge in [0.2, 0.25) is 0 Å². The molecule has 0 nitrogen and oxygen atoms in total. The average Bonchev–Trinajstić information content (AvgIpc) is 3.64. The minimum Gasteiger partial charge on any atom is -1.00 e. The van der Waals surface area contributed by atoms with Gasteiger partial charge >= 0.3 is 106 Å². The summed E-state index contributed by atoms with van der Waals surface area (Å²) in [6.45, 7) is 15.8. The summed E-state index contributed by atoms with van der Waals surface area (Å²) in [4.78, 5) is 0. The van der Waals surface area contributed by atoms with Gasteiger partial charge in [0.1, 0.15) is 0 Å². The molecule has 0 fully saturated rings. The molecule has 0 atom stereocenters. The van der Waals surface area contributed by atoms with Crippen LogP contribution < -0.4 is 24.8 Å². The second-order valence-corrected chi connectivity index (χ2v) is 14.1. The van der Waals surface area contributed by atoms with Crippen LogP contribution in [0.25, 0.3) is 21.5 Å². The maximum Gasteiger partial charge on any atom is -0.109 e. The van der Waals surface area contributed by atoms with Crippen LogP contribution in [0.5, 0.6) is 0 Å². The Balaban J connectivity index is 0.000000256. The largest absolute Gasteiger partial charge is 1.00 e. The molecule has 0 saturated carbocycles. The van der Waals surface area contributed by atoms with Crippen LogP contribution in [0, 0.1) is 13.0 Å². The first-order valence-electron chi connectivity index (χ1n) is 14.5. The van der Waals surface area contributed by atoms with Crippen LogP contribution in [-0.2, 0) is 35.1 Å². The van der Waals surface area contributed by atoms with E-state index >= 15 is 0 Å². The van der Waals surface area contributed by atoms with Crippen LogP contribution in [0.1, 0.15) is 75.8 Å². The Morgan fingerprint density at radius 3 is 1.56 bits per heavy atom. The Morgan fingerprint density at radius 2 is 1.16 bits per heavy atom. The van der Waals surface area contributed by atoms with E-state index < -0.39 is 0 Å². The van der Waals surface area contributed by atoms with E-state index in [4.69, 9.17) is 0 Å². The summed E-state index contributed by atoms with van der Waals surface area (Å²) < 4.78 is 1.42. The van der Waals surface area contributed by atoms with E-state index in [0.717, 1.165) is 6.42 Å². The maximum atomic E-state index is 2.99. The molecule has 0 aliphatic heterocycles. The first-order valence-corrected chi connectivity index (χ1v) is 15.7. The van der Waals surface area contributed by atoms with E-state index in [0.29, 0.717) is 0 Å². The number of allylic oxidation sites excluding steroid dienone is 4. The van der Waals surface area contributed by atoms with Crippen molar-refractivity contribution in [1.29, 1.82) is 0 Å². The van der Waals surface area contributed by atoms with E-state index in [1.54, 1.807) is 0 Å². The minimum atomic E-state index is 0. The molecule has 0 saturated heterocycles. The molecule has 1 aliphatic rings. The van der Waals surface area contributed by atoms with Crippen molar-refractivity contribution in [2.75, 3.05) is 0 Å². The minimum absolute atomic E-state index is 0. The fraction of sp³-hybridized carbons (Fsp3) is 0.250. The maximum absolute atomic E-state index is 2.99. The molecule has 43 heavy (non-hydrogen) atoms. The SMILES string of the molecule is CC(C)(C)c1ccc2c(c1)[cH-]c1cc(C(C)(C)C)ccc12.Cc1ccc([C](=[Zr+2])c2ccccc2)cc1.[C-]1=CC=CC1.[Cl-].[Cl-]. The van der Waals surface area contributed by atoms with Gasteiger partial charge in [0, 0.05) is 0 Å². The molecular formula is C40H42Cl2Zr-2. The Bertz CT molecular complexity index is 1590. The van der Waals surface area contributed by atoms with Crippen molar-refractivity contribution in [3.05, 3.63) is 149 Å². The smallest absolute Gasteiger partial charge is 0.109 e. The van der Waals surface area contributed by atoms with Crippen LogP contribution >= 0.6 is 0 Å². The Kier molecular flexibility index (Phi) is 13.7. The van der Waals surface area contributed by atoms with Gasteiger partial charge in [0.25, 0.3) is 0 Å². The number of hydrogen-bond acceptors (Lipinski definition) is 0. The summed E-state index contributed by atoms with van der Waals surface area (Å²) in [6, 6.07) is 35.5. The fourth-order valence-corrected chi connectivity index (χ4v) is 5.61. The number of aryl methyl sites for hydroxylation is 1. The van der Waals surface area contributed by atoms with Gasteiger partial charge in [0.15, 0.2) is 0 Å². The monoisotopic (exact) mass is 682 g/mol. The van der Waals surface area contributed by atoms with Crippen molar-refractivity contribution in [3.63, 3.8) is 0 Å². The molecule has 5 aromatic carbocycles. The Morgan fingerprint density at radius 1 is 0.674 bits per heavy atom. The van der Waals surface area contributed by atoms with Gasteiger partial charge in [-0.25, -0.2) is 12.2 Å². The number of fused-ring (bicyclic) bond motifs is 3. The first kappa shape index (κ1) is 36.8. The molecule has 222 valence electrons. The van der Waals surface area contributed by atoms with Crippen molar-refractivity contribution in [2.24, 2.45) is 0 Å². The summed E-state index contributed by atoms with van der Waals surface area (Å²) in [5.74, 6) is 0. The third-order valence-electron chi connectivity index (χ3n) is 7.42.